The fourth-order valence-corrected chi connectivity index (χ4v) is 1.79. The second-order valence-corrected chi connectivity index (χ2v) is 4.69. The molecule has 0 unspecified atom stereocenters. The highest BCUT2D eigenvalue weighted by atomic mass is 79.9. The predicted octanol–water partition coefficient (Wildman–Crippen LogP) is 1.36. The summed E-state index contributed by atoms with van der Waals surface area (Å²) in [4.78, 5) is 24.6. The van der Waals surface area contributed by atoms with Gasteiger partial charge in [0.05, 0.1) is 12.1 Å². The van der Waals surface area contributed by atoms with Crippen molar-refractivity contribution in [3.05, 3.63) is 28.2 Å². The lowest BCUT2D eigenvalue weighted by Gasteiger charge is -2.17. The Kier molecular flexibility index (Phi) is 5.15. The molecule has 0 aliphatic carbocycles. The highest BCUT2D eigenvalue weighted by Crippen LogP contribution is 2.22. The Bertz CT molecular complexity index is 463. The highest BCUT2D eigenvalue weighted by Gasteiger charge is 2.18. The Morgan fingerprint density at radius 1 is 1.44 bits per heavy atom. The number of carbonyl (C=O) groups excluding carboxylic acids is 2. The van der Waals surface area contributed by atoms with E-state index in [0.717, 1.165) is 0 Å². The Morgan fingerprint density at radius 3 is 2.72 bits per heavy atom. The molecule has 2 N–H and O–H groups in total. The van der Waals surface area contributed by atoms with Crippen LogP contribution < -0.4 is 5.32 Å². The van der Waals surface area contributed by atoms with E-state index in [4.69, 9.17) is 0 Å². The molecule has 0 aromatic heterocycles. The number of halogens is 1. The third kappa shape index (κ3) is 3.73. The molecule has 0 bridgehead atoms. The molecule has 0 heterocycles. The SMILES string of the molecule is CCNC(=O)CN(C)C(=O)c1cc(Br)ccc1O. The van der Waals surface area contributed by atoms with E-state index in [1.807, 2.05) is 0 Å². The molecule has 1 aromatic carbocycles. The summed E-state index contributed by atoms with van der Waals surface area (Å²) in [6, 6.07) is 4.58. The monoisotopic (exact) mass is 314 g/mol. The van der Waals surface area contributed by atoms with Gasteiger partial charge in [-0.1, -0.05) is 15.9 Å². The number of phenolic OH excluding ortho intramolecular Hbond substituents is 1. The van der Waals surface area contributed by atoms with Gasteiger partial charge < -0.3 is 15.3 Å². The summed E-state index contributed by atoms with van der Waals surface area (Å²) in [5.74, 6) is -0.742. The molecule has 0 saturated carbocycles. The van der Waals surface area contributed by atoms with Crippen LogP contribution in [0.2, 0.25) is 0 Å². The molecule has 0 spiro atoms. The lowest BCUT2D eigenvalue weighted by atomic mass is 10.2. The fourth-order valence-electron chi connectivity index (χ4n) is 1.43. The van der Waals surface area contributed by atoms with Gasteiger partial charge in [-0.05, 0) is 25.1 Å². The molecule has 0 atom stereocenters. The molecule has 98 valence electrons. The molecule has 2 amide bonds. The summed E-state index contributed by atoms with van der Waals surface area (Å²) >= 11 is 3.23. The van der Waals surface area contributed by atoms with Crippen molar-refractivity contribution in [1.82, 2.24) is 10.2 Å². The van der Waals surface area contributed by atoms with Gasteiger partial charge >= 0.3 is 0 Å². The average molecular weight is 315 g/mol. The first-order valence-electron chi connectivity index (χ1n) is 5.46. The van der Waals surface area contributed by atoms with Crippen LogP contribution in [-0.2, 0) is 4.79 Å². The van der Waals surface area contributed by atoms with Gasteiger partial charge in [0.15, 0.2) is 0 Å². The molecule has 5 nitrogen and oxygen atoms in total. The van der Waals surface area contributed by atoms with Crippen LogP contribution in [0.1, 0.15) is 17.3 Å². The van der Waals surface area contributed by atoms with Gasteiger partial charge in [0.2, 0.25) is 5.91 Å². The maximum absolute atomic E-state index is 12.0. The third-order valence-electron chi connectivity index (χ3n) is 2.29. The van der Waals surface area contributed by atoms with Gasteiger partial charge in [0, 0.05) is 18.1 Å². The topological polar surface area (TPSA) is 69.6 Å². The van der Waals surface area contributed by atoms with E-state index in [-0.39, 0.29) is 23.8 Å². The molecular formula is C12H15BrN2O3. The first kappa shape index (κ1) is 14.5. The zero-order valence-corrected chi connectivity index (χ0v) is 11.8. The first-order valence-corrected chi connectivity index (χ1v) is 6.25. The smallest absolute Gasteiger partial charge is 0.257 e. The van der Waals surface area contributed by atoms with E-state index in [2.05, 4.69) is 21.2 Å². The normalized spacial score (nSPS) is 9.94. The quantitative estimate of drug-likeness (QED) is 0.881. The van der Waals surface area contributed by atoms with Crippen LogP contribution in [0.25, 0.3) is 0 Å². The van der Waals surface area contributed by atoms with E-state index in [9.17, 15) is 14.7 Å². The maximum atomic E-state index is 12.0. The molecule has 0 fully saturated rings. The van der Waals surface area contributed by atoms with Gasteiger partial charge in [-0.15, -0.1) is 0 Å². The standard InChI is InChI=1S/C12H15BrN2O3/c1-3-14-11(17)7-15(2)12(18)9-6-8(13)4-5-10(9)16/h4-6,16H,3,7H2,1-2H3,(H,14,17). The minimum absolute atomic E-state index is 0.0430. The second-order valence-electron chi connectivity index (χ2n) is 3.78. The van der Waals surface area contributed by atoms with Gasteiger partial charge in [0.25, 0.3) is 5.91 Å². The molecule has 0 saturated heterocycles. The summed E-state index contributed by atoms with van der Waals surface area (Å²) in [5.41, 5.74) is 0.163. The summed E-state index contributed by atoms with van der Waals surface area (Å²) in [7, 11) is 1.51. The highest BCUT2D eigenvalue weighted by molar-refractivity contribution is 9.10. The van der Waals surface area contributed by atoms with Gasteiger partial charge in [-0.25, -0.2) is 0 Å². The maximum Gasteiger partial charge on any atom is 0.257 e. The van der Waals surface area contributed by atoms with Crippen molar-refractivity contribution in [2.75, 3.05) is 20.1 Å². The number of nitrogens with one attached hydrogen (secondary N) is 1. The van der Waals surface area contributed by atoms with E-state index in [1.165, 1.54) is 24.1 Å². The minimum atomic E-state index is -0.403. The lowest BCUT2D eigenvalue weighted by molar-refractivity contribution is -0.121. The van der Waals surface area contributed by atoms with Crippen molar-refractivity contribution in [3.63, 3.8) is 0 Å². The summed E-state index contributed by atoms with van der Waals surface area (Å²) in [5, 5.41) is 12.2. The Morgan fingerprint density at radius 2 is 2.11 bits per heavy atom. The van der Waals surface area contributed by atoms with Crippen molar-refractivity contribution in [2.45, 2.75) is 6.92 Å². The number of rotatable bonds is 4. The van der Waals surface area contributed by atoms with Gasteiger partial charge in [0.1, 0.15) is 5.75 Å². The zero-order valence-electron chi connectivity index (χ0n) is 10.2. The van der Waals surface area contributed by atoms with Crippen molar-refractivity contribution >= 4 is 27.7 Å². The number of benzene rings is 1. The summed E-state index contributed by atoms with van der Waals surface area (Å²) in [6.45, 7) is 2.28. The van der Waals surface area contributed by atoms with Crippen molar-refractivity contribution in [1.29, 1.82) is 0 Å². The summed E-state index contributed by atoms with van der Waals surface area (Å²) < 4.78 is 0.690. The average Bonchev–Trinajstić information content (AvgIpc) is 2.31. The van der Waals surface area contributed by atoms with Crippen LogP contribution in [0.4, 0.5) is 0 Å². The predicted molar refractivity (Wildman–Crippen MR) is 71.5 cm³/mol. The number of aromatic hydroxyl groups is 1. The third-order valence-corrected chi connectivity index (χ3v) is 2.78. The number of amides is 2. The number of carbonyl (C=O) groups is 2. The molecule has 0 aliphatic rings. The minimum Gasteiger partial charge on any atom is -0.507 e. The number of nitrogens with zero attached hydrogens (tertiary/aromatic N) is 1. The largest absolute Gasteiger partial charge is 0.507 e. The van der Waals surface area contributed by atoms with Gasteiger partial charge in [-0.2, -0.15) is 0 Å². The molecule has 1 aromatic rings. The Balaban J connectivity index is 2.80. The van der Waals surface area contributed by atoms with Crippen LogP contribution in [0.5, 0.6) is 5.75 Å². The number of hydrogen-bond donors (Lipinski definition) is 2. The number of phenols is 1. The molecule has 0 radical (unpaired) electrons. The van der Waals surface area contributed by atoms with Crippen LogP contribution in [0, 0.1) is 0 Å². The van der Waals surface area contributed by atoms with E-state index in [1.54, 1.807) is 13.0 Å². The van der Waals surface area contributed by atoms with Crippen molar-refractivity contribution < 1.29 is 14.7 Å². The molecule has 1 rings (SSSR count). The van der Waals surface area contributed by atoms with E-state index >= 15 is 0 Å². The Labute approximate surface area is 114 Å². The van der Waals surface area contributed by atoms with Crippen molar-refractivity contribution in [2.24, 2.45) is 0 Å². The molecule has 18 heavy (non-hydrogen) atoms. The van der Waals surface area contributed by atoms with Crippen LogP contribution in [0.15, 0.2) is 22.7 Å². The van der Waals surface area contributed by atoms with E-state index < -0.39 is 5.91 Å². The van der Waals surface area contributed by atoms with E-state index in [0.29, 0.717) is 11.0 Å². The molecular weight excluding hydrogens is 300 g/mol. The first-order chi connectivity index (χ1) is 8.45. The van der Waals surface area contributed by atoms with Gasteiger partial charge in [-0.3, -0.25) is 9.59 Å². The lowest BCUT2D eigenvalue weighted by Crippen LogP contribution is -2.38. The van der Waals surface area contributed by atoms with Crippen LogP contribution >= 0.6 is 15.9 Å². The summed E-state index contributed by atoms with van der Waals surface area (Å²) in [6.07, 6.45) is 0. The number of likely N-dealkylation sites (N-methyl/N-ethyl adjacent to an activating group) is 2. The number of hydrogen-bond acceptors (Lipinski definition) is 3. The molecule has 0 aliphatic heterocycles. The molecule has 6 heteroatoms. The fraction of sp³-hybridized carbons (Fsp3) is 0.333. The van der Waals surface area contributed by atoms with Crippen LogP contribution in [0.3, 0.4) is 0 Å². The van der Waals surface area contributed by atoms with Crippen molar-refractivity contribution in [3.8, 4) is 5.75 Å². The Hall–Kier alpha value is -1.56. The van der Waals surface area contributed by atoms with Crippen LogP contribution in [-0.4, -0.2) is 42.0 Å². The second kappa shape index (κ2) is 6.39. The zero-order chi connectivity index (χ0) is 13.7.